The van der Waals surface area contributed by atoms with E-state index in [4.69, 9.17) is 0 Å². The topological polar surface area (TPSA) is 87.5 Å². The summed E-state index contributed by atoms with van der Waals surface area (Å²) in [6.45, 7) is 3.35. The molecule has 2 aliphatic heterocycles. The minimum atomic E-state index is -0.410. The van der Waals surface area contributed by atoms with Crippen molar-refractivity contribution in [3.63, 3.8) is 0 Å². The number of imidazole rings is 1. The van der Waals surface area contributed by atoms with Crippen molar-refractivity contribution in [1.29, 1.82) is 0 Å². The third-order valence-corrected chi connectivity index (χ3v) is 5.14. The van der Waals surface area contributed by atoms with Crippen LogP contribution in [0.2, 0.25) is 0 Å². The van der Waals surface area contributed by atoms with Crippen molar-refractivity contribution in [2.24, 2.45) is 7.05 Å². The standard InChI is InChI=1S/C19H21N5O3/c1-12-3-4-13-14(9-12)19(27)24(18(13)26)11-16(25)23-8-5-20-10-15(23)17-21-6-7-22(17)2/h3-4,6-7,9,15,20H,5,8,10-11H2,1-2H3. The van der Waals surface area contributed by atoms with Gasteiger partial charge < -0.3 is 14.8 Å². The highest BCUT2D eigenvalue weighted by atomic mass is 16.2. The predicted octanol–water partition coefficient (Wildman–Crippen LogP) is 0.498. The first-order valence-corrected chi connectivity index (χ1v) is 8.91. The summed E-state index contributed by atoms with van der Waals surface area (Å²) in [5.41, 5.74) is 1.63. The quantitative estimate of drug-likeness (QED) is 0.798. The maximum absolute atomic E-state index is 13.0. The number of nitrogens with one attached hydrogen (secondary N) is 1. The van der Waals surface area contributed by atoms with Crippen LogP contribution in [0.15, 0.2) is 30.6 Å². The van der Waals surface area contributed by atoms with E-state index in [0.717, 1.165) is 16.3 Å². The van der Waals surface area contributed by atoms with Gasteiger partial charge in [-0.2, -0.15) is 0 Å². The number of hydrogen-bond donors (Lipinski definition) is 1. The number of fused-ring (bicyclic) bond motifs is 1. The summed E-state index contributed by atoms with van der Waals surface area (Å²) >= 11 is 0. The van der Waals surface area contributed by atoms with Gasteiger partial charge in [-0.25, -0.2) is 4.98 Å². The van der Waals surface area contributed by atoms with E-state index < -0.39 is 11.8 Å². The molecular weight excluding hydrogens is 346 g/mol. The van der Waals surface area contributed by atoms with Crippen LogP contribution in [0.5, 0.6) is 0 Å². The zero-order valence-electron chi connectivity index (χ0n) is 15.3. The number of carbonyl (C=O) groups is 3. The fourth-order valence-corrected chi connectivity index (χ4v) is 3.71. The van der Waals surface area contributed by atoms with Crippen LogP contribution < -0.4 is 5.32 Å². The molecule has 1 fully saturated rings. The second kappa shape index (κ2) is 6.62. The molecule has 8 heteroatoms. The minimum Gasteiger partial charge on any atom is -0.336 e. The summed E-state index contributed by atoms with van der Waals surface area (Å²) in [6.07, 6.45) is 3.53. The van der Waals surface area contributed by atoms with Gasteiger partial charge in [-0.15, -0.1) is 0 Å². The molecule has 1 aromatic heterocycles. The predicted molar refractivity (Wildman–Crippen MR) is 97.1 cm³/mol. The van der Waals surface area contributed by atoms with Crippen molar-refractivity contribution in [3.05, 3.63) is 53.1 Å². The molecule has 0 saturated carbocycles. The van der Waals surface area contributed by atoms with E-state index in [9.17, 15) is 14.4 Å². The van der Waals surface area contributed by atoms with Crippen LogP contribution in [0.25, 0.3) is 0 Å². The van der Waals surface area contributed by atoms with Crippen molar-refractivity contribution >= 4 is 17.7 Å². The summed E-state index contributed by atoms with van der Waals surface area (Å²) in [4.78, 5) is 45.4. The fourth-order valence-electron chi connectivity index (χ4n) is 3.71. The molecular formula is C19H21N5O3. The van der Waals surface area contributed by atoms with Gasteiger partial charge >= 0.3 is 0 Å². The smallest absolute Gasteiger partial charge is 0.262 e. The second-order valence-corrected chi connectivity index (χ2v) is 6.95. The third kappa shape index (κ3) is 2.91. The molecule has 140 valence electrons. The van der Waals surface area contributed by atoms with Crippen molar-refractivity contribution in [2.45, 2.75) is 13.0 Å². The molecule has 0 radical (unpaired) electrons. The van der Waals surface area contributed by atoms with Crippen molar-refractivity contribution in [3.8, 4) is 0 Å². The summed E-state index contributed by atoms with van der Waals surface area (Å²) in [5.74, 6) is -0.299. The van der Waals surface area contributed by atoms with Crippen LogP contribution in [-0.4, -0.2) is 63.3 Å². The fraction of sp³-hybridized carbons (Fsp3) is 0.368. The van der Waals surface area contributed by atoms with Crippen LogP contribution >= 0.6 is 0 Å². The van der Waals surface area contributed by atoms with Gasteiger partial charge in [0, 0.05) is 39.1 Å². The normalized spacial score (nSPS) is 19.6. The van der Waals surface area contributed by atoms with Gasteiger partial charge in [-0.1, -0.05) is 11.6 Å². The summed E-state index contributed by atoms with van der Waals surface area (Å²) in [6, 6.07) is 4.91. The van der Waals surface area contributed by atoms with E-state index in [0.29, 0.717) is 30.8 Å². The van der Waals surface area contributed by atoms with Crippen LogP contribution in [0, 0.1) is 6.92 Å². The average molecular weight is 367 g/mol. The number of carbonyl (C=O) groups excluding carboxylic acids is 3. The molecule has 27 heavy (non-hydrogen) atoms. The molecule has 3 amide bonds. The molecule has 1 atom stereocenters. The van der Waals surface area contributed by atoms with Gasteiger partial charge in [0.2, 0.25) is 5.91 Å². The number of aryl methyl sites for hydroxylation is 2. The highest BCUT2D eigenvalue weighted by molar-refractivity contribution is 6.22. The summed E-state index contributed by atoms with van der Waals surface area (Å²) in [7, 11) is 1.88. The Balaban J connectivity index is 1.56. The van der Waals surface area contributed by atoms with Gasteiger partial charge in [-0.05, 0) is 19.1 Å². The van der Waals surface area contributed by atoms with Crippen molar-refractivity contribution in [1.82, 2.24) is 24.7 Å². The lowest BCUT2D eigenvalue weighted by Gasteiger charge is -2.36. The largest absolute Gasteiger partial charge is 0.336 e. The number of amides is 3. The van der Waals surface area contributed by atoms with E-state index in [-0.39, 0.29) is 18.5 Å². The molecule has 1 saturated heterocycles. The van der Waals surface area contributed by atoms with Crippen LogP contribution in [-0.2, 0) is 11.8 Å². The average Bonchev–Trinajstić information content (AvgIpc) is 3.18. The lowest BCUT2D eigenvalue weighted by atomic mass is 10.1. The maximum Gasteiger partial charge on any atom is 0.262 e. The molecule has 2 aromatic rings. The first kappa shape index (κ1) is 17.4. The highest BCUT2D eigenvalue weighted by Crippen LogP contribution is 2.25. The summed E-state index contributed by atoms with van der Waals surface area (Å²) < 4.78 is 1.88. The Hall–Kier alpha value is -3.00. The Morgan fingerprint density at radius 1 is 1.26 bits per heavy atom. The van der Waals surface area contributed by atoms with E-state index in [1.807, 2.05) is 24.7 Å². The number of piperazine rings is 1. The molecule has 0 spiro atoms. The Morgan fingerprint density at radius 3 is 2.78 bits per heavy atom. The van der Waals surface area contributed by atoms with E-state index in [2.05, 4.69) is 10.3 Å². The Kier molecular flexibility index (Phi) is 4.27. The van der Waals surface area contributed by atoms with E-state index >= 15 is 0 Å². The number of aromatic nitrogens is 2. The van der Waals surface area contributed by atoms with Crippen LogP contribution in [0.1, 0.15) is 38.1 Å². The molecule has 8 nitrogen and oxygen atoms in total. The lowest BCUT2D eigenvalue weighted by molar-refractivity contribution is -0.135. The Morgan fingerprint density at radius 2 is 2.04 bits per heavy atom. The van der Waals surface area contributed by atoms with Crippen LogP contribution in [0.4, 0.5) is 0 Å². The molecule has 2 aliphatic rings. The van der Waals surface area contributed by atoms with Gasteiger partial charge in [0.1, 0.15) is 18.4 Å². The molecule has 0 bridgehead atoms. The number of rotatable bonds is 3. The van der Waals surface area contributed by atoms with Gasteiger partial charge in [-0.3, -0.25) is 19.3 Å². The first-order chi connectivity index (χ1) is 13.0. The number of hydrogen-bond acceptors (Lipinski definition) is 5. The third-order valence-electron chi connectivity index (χ3n) is 5.14. The molecule has 4 rings (SSSR count). The lowest BCUT2D eigenvalue weighted by Crippen LogP contribution is -2.52. The molecule has 3 heterocycles. The minimum absolute atomic E-state index is 0.233. The van der Waals surface area contributed by atoms with E-state index in [1.165, 1.54) is 0 Å². The SMILES string of the molecule is Cc1ccc2c(c1)C(=O)N(CC(=O)N1CCNCC1c1nccn1C)C2=O. The molecule has 1 aromatic carbocycles. The Bertz CT molecular complexity index is 935. The first-order valence-electron chi connectivity index (χ1n) is 8.91. The van der Waals surface area contributed by atoms with Crippen LogP contribution in [0.3, 0.4) is 0 Å². The number of nitrogens with zero attached hydrogens (tertiary/aromatic N) is 4. The monoisotopic (exact) mass is 367 g/mol. The van der Waals surface area contributed by atoms with Crippen molar-refractivity contribution in [2.75, 3.05) is 26.2 Å². The van der Waals surface area contributed by atoms with Gasteiger partial charge in [0.25, 0.3) is 11.8 Å². The van der Waals surface area contributed by atoms with Crippen molar-refractivity contribution < 1.29 is 14.4 Å². The molecule has 1 unspecified atom stereocenters. The second-order valence-electron chi connectivity index (χ2n) is 6.95. The number of imide groups is 1. The number of benzene rings is 1. The van der Waals surface area contributed by atoms with Gasteiger partial charge in [0.15, 0.2) is 0 Å². The summed E-state index contributed by atoms with van der Waals surface area (Å²) in [5, 5.41) is 3.27. The zero-order chi connectivity index (χ0) is 19.1. The maximum atomic E-state index is 13.0. The molecule has 0 aliphatic carbocycles. The van der Waals surface area contributed by atoms with E-state index in [1.54, 1.807) is 29.3 Å². The van der Waals surface area contributed by atoms with Gasteiger partial charge in [0.05, 0.1) is 11.1 Å². The Labute approximate surface area is 156 Å². The highest BCUT2D eigenvalue weighted by Gasteiger charge is 2.39. The zero-order valence-corrected chi connectivity index (χ0v) is 15.3. The molecule has 1 N–H and O–H groups in total.